The molecule has 32 heavy (non-hydrogen) atoms. The van der Waals surface area contributed by atoms with E-state index < -0.39 is 12.0 Å². The Labute approximate surface area is 189 Å². The number of ether oxygens (including phenoxy) is 2. The average Bonchev–Trinajstić information content (AvgIpc) is 3.18. The van der Waals surface area contributed by atoms with Crippen LogP contribution in [0.15, 0.2) is 18.2 Å². The lowest BCUT2D eigenvalue weighted by Crippen LogP contribution is -2.56. The zero-order valence-corrected chi connectivity index (χ0v) is 19.6. The van der Waals surface area contributed by atoms with E-state index in [1.54, 1.807) is 30.2 Å². The largest absolute Gasteiger partial charge is 0.497 e. The van der Waals surface area contributed by atoms with Gasteiger partial charge in [-0.05, 0) is 25.1 Å². The number of piperazine rings is 1. The molecule has 0 aromatic heterocycles. The Morgan fingerprint density at radius 1 is 1.09 bits per heavy atom. The van der Waals surface area contributed by atoms with Crippen molar-refractivity contribution in [2.24, 2.45) is 11.8 Å². The second kappa shape index (κ2) is 10.2. The van der Waals surface area contributed by atoms with Crippen LogP contribution in [0.3, 0.4) is 0 Å². The van der Waals surface area contributed by atoms with Gasteiger partial charge in [-0.15, -0.1) is 0 Å². The van der Waals surface area contributed by atoms with E-state index in [1.807, 2.05) is 25.8 Å². The van der Waals surface area contributed by atoms with Crippen LogP contribution in [-0.4, -0.2) is 87.6 Å². The van der Waals surface area contributed by atoms with Crippen LogP contribution in [0.25, 0.3) is 0 Å². The van der Waals surface area contributed by atoms with E-state index in [0.717, 1.165) is 13.1 Å². The van der Waals surface area contributed by atoms with Crippen molar-refractivity contribution in [3.05, 3.63) is 18.2 Å². The molecular weight excluding hydrogens is 412 g/mol. The van der Waals surface area contributed by atoms with Gasteiger partial charge in [-0.3, -0.25) is 14.4 Å². The molecule has 0 saturated carbocycles. The summed E-state index contributed by atoms with van der Waals surface area (Å²) in [6.45, 7) is 7.03. The number of nitrogens with one attached hydrogen (secondary N) is 1. The fourth-order valence-corrected chi connectivity index (χ4v) is 4.13. The highest BCUT2D eigenvalue weighted by molar-refractivity contribution is 6.02. The van der Waals surface area contributed by atoms with Crippen LogP contribution in [0.2, 0.25) is 0 Å². The number of rotatable bonds is 7. The molecule has 1 aromatic carbocycles. The third-order valence-corrected chi connectivity index (χ3v) is 6.22. The molecule has 0 aliphatic carbocycles. The first-order chi connectivity index (χ1) is 15.2. The number of methoxy groups -OCH3 is 2. The molecule has 1 N–H and O–H groups in total. The van der Waals surface area contributed by atoms with Gasteiger partial charge in [0.25, 0.3) is 0 Å². The predicted octanol–water partition coefficient (Wildman–Crippen LogP) is 0.972. The van der Waals surface area contributed by atoms with Gasteiger partial charge in [0.15, 0.2) is 0 Å². The maximum absolute atomic E-state index is 13.1. The number of anilines is 1. The van der Waals surface area contributed by atoms with Crippen molar-refractivity contribution in [1.29, 1.82) is 0 Å². The molecule has 0 bridgehead atoms. The Morgan fingerprint density at radius 2 is 1.78 bits per heavy atom. The molecule has 2 aliphatic heterocycles. The maximum atomic E-state index is 13.1. The number of hydrogen-bond donors (Lipinski definition) is 1. The van der Waals surface area contributed by atoms with Crippen LogP contribution in [-0.2, 0) is 14.4 Å². The summed E-state index contributed by atoms with van der Waals surface area (Å²) in [6.07, 6.45) is 0.0918. The standard InChI is InChI=1S/C23H34N4O5/c1-15(2)21(23(30)26-10-8-25(3)9-11-26)24-22(29)16-12-20(28)27(14-16)18-7-6-17(31-4)13-19(18)32-5/h6-7,13,15-16,21H,8-12,14H2,1-5H3,(H,24,29). The van der Waals surface area contributed by atoms with Crippen LogP contribution < -0.4 is 19.7 Å². The monoisotopic (exact) mass is 446 g/mol. The highest BCUT2D eigenvalue weighted by atomic mass is 16.5. The molecule has 3 amide bonds. The van der Waals surface area contributed by atoms with Crippen molar-refractivity contribution in [2.45, 2.75) is 26.3 Å². The zero-order chi connectivity index (χ0) is 23.4. The lowest BCUT2D eigenvalue weighted by molar-refractivity contribution is -0.139. The van der Waals surface area contributed by atoms with Gasteiger partial charge in [-0.25, -0.2) is 0 Å². The summed E-state index contributed by atoms with van der Waals surface area (Å²) in [4.78, 5) is 44.4. The Morgan fingerprint density at radius 3 is 2.38 bits per heavy atom. The van der Waals surface area contributed by atoms with Gasteiger partial charge in [-0.1, -0.05) is 13.8 Å². The van der Waals surface area contributed by atoms with Crippen LogP contribution in [0.5, 0.6) is 11.5 Å². The lowest BCUT2D eigenvalue weighted by atomic mass is 10.00. The highest BCUT2D eigenvalue weighted by Crippen LogP contribution is 2.35. The summed E-state index contributed by atoms with van der Waals surface area (Å²) in [5, 5.41) is 2.93. The minimum Gasteiger partial charge on any atom is -0.497 e. The van der Waals surface area contributed by atoms with Crippen molar-refractivity contribution in [1.82, 2.24) is 15.1 Å². The molecule has 2 fully saturated rings. The second-order valence-corrected chi connectivity index (χ2v) is 8.80. The van der Waals surface area contributed by atoms with Crippen LogP contribution in [0.4, 0.5) is 5.69 Å². The molecule has 2 unspecified atom stereocenters. The molecule has 0 spiro atoms. The summed E-state index contributed by atoms with van der Waals surface area (Å²) >= 11 is 0. The lowest BCUT2D eigenvalue weighted by Gasteiger charge is -2.36. The molecule has 0 radical (unpaired) electrons. The summed E-state index contributed by atoms with van der Waals surface area (Å²) < 4.78 is 10.6. The van der Waals surface area contributed by atoms with Crippen molar-refractivity contribution in [3.63, 3.8) is 0 Å². The van der Waals surface area contributed by atoms with Gasteiger partial charge in [0.2, 0.25) is 17.7 Å². The van der Waals surface area contributed by atoms with Gasteiger partial charge in [0, 0.05) is 45.2 Å². The molecule has 176 valence electrons. The van der Waals surface area contributed by atoms with Gasteiger partial charge in [0.05, 0.1) is 25.8 Å². The van der Waals surface area contributed by atoms with Gasteiger partial charge in [-0.2, -0.15) is 0 Å². The highest BCUT2D eigenvalue weighted by Gasteiger charge is 2.39. The molecule has 9 heteroatoms. The first kappa shape index (κ1) is 23.8. The third kappa shape index (κ3) is 5.15. The topological polar surface area (TPSA) is 91.4 Å². The molecule has 2 atom stereocenters. The molecule has 1 aromatic rings. The molecule has 3 rings (SSSR count). The third-order valence-electron chi connectivity index (χ3n) is 6.22. The molecule has 2 heterocycles. The Kier molecular flexibility index (Phi) is 7.60. The van der Waals surface area contributed by atoms with E-state index in [9.17, 15) is 14.4 Å². The van der Waals surface area contributed by atoms with Crippen molar-refractivity contribution >= 4 is 23.4 Å². The zero-order valence-electron chi connectivity index (χ0n) is 19.6. The van der Waals surface area contributed by atoms with E-state index in [4.69, 9.17) is 9.47 Å². The Hall–Kier alpha value is -2.81. The Bertz CT molecular complexity index is 851. The fraction of sp³-hybridized carbons (Fsp3) is 0.609. The van der Waals surface area contributed by atoms with E-state index in [0.29, 0.717) is 30.3 Å². The summed E-state index contributed by atoms with van der Waals surface area (Å²) in [5.41, 5.74) is 0.600. The van der Waals surface area contributed by atoms with Crippen LogP contribution >= 0.6 is 0 Å². The number of likely N-dealkylation sites (N-methyl/N-ethyl adjacent to an activating group) is 1. The first-order valence-electron chi connectivity index (χ1n) is 11.0. The normalized spacial score (nSPS) is 20.4. The van der Waals surface area contributed by atoms with Gasteiger partial charge < -0.3 is 29.5 Å². The molecule has 2 aliphatic rings. The second-order valence-electron chi connectivity index (χ2n) is 8.80. The van der Waals surface area contributed by atoms with Crippen molar-refractivity contribution < 1.29 is 23.9 Å². The summed E-state index contributed by atoms with van der Waals surface area (Å²) in [5.74, 6) is 0.0590. The van der Waals surface area contributed by atoms with Crippen LogP contribution in [0.1, 0.15) is 20.3 Å². The van der Waals surface area contributed by atoms with Crippen molar-refractivity contribution in [3.8, 4) is 11.5 Å². The predicted molar refractivity (Wildman–Crippen MR) is 121 cm³/mol. The van der Waals surface area contributed by atoms with E-state index in [2.05, 4.69) is 10.2 Å². The fourth-order valence-electron chi connectivity index (χ4n) is 4.13. The summed E-state index contributed by atoms with van der Waals surface area (Å²) in [7, 11) is 5.12. The van der Waals surface area contributed by atoms with E-state index >= 15 is 0 Å². The van der Waals surface area contributed by atoms with E-state index in [-0.39, 0.29) is 36.6 Å². The number of carbonyl (C=O) groups excluding carboxylic acids is 3. The quantitative estimate of drug-likeness (QED) is 0.671. The number of nitrogens with zero attached hydrogens (tertiary/aromatic N) is 3. The van der Waals surface area contributed by atoms with Crippen LogP contribution in [0, 0.1) is 11.8 Å². The minimum absolute atomic E-state index is 0.0546. The minimum atomic E-state index is -0.606. The van der Waals surface area contributed by atoms with E-state index in [1.165, 1.54) is 7.11 Å². The Balaban J connectivity index is 1.68. The number of amides is 3. The average molecular weight is 447 g/mol. The number of hydrogen-bond acceptors (Lipinski definition) is 6. The van der Waals surface area contributed by atoms with Crippen molar-refractivity contribution in [2.75, 3.05) is 58.9 Å². The molecular formula is C23H34N4O5. The SMILES string of the molecule is COc1ccc(N2CC(C(=O)NC(C(=O)N3CCN(C)CC3)C(C)C)CC2=O)c(OC)c1. The maximum Gasteiger partial charge on any atom is 0.245 e. The number of carbonyl (C=O) groups is 3. The smallest absolute Gasteiger partial charge is 0.245 e. The van der Waals surface area contributed by atoms with Gasteiger partial charge in [0.1, 0.15) is 17.5 Å². The van der Waals surface area contributed by atoms with Gasteiger partial charge >= 0.3 is 0 Å². The molecule has 2 saturated heterocycles. The first-order valence-corrected chi connectivity index (χ1v) is 11.0. The molecule has 9 nitrogen and oxygen atoms in total. The summed E-state index contributed by atoms with van der Waals surface area (Å²) in [6, 6.07) is 4.61. The number of benzene rings is 1.